The van der Waals surface area contributed by atoms with Gasteiger partial charge in [0.2, 0.25) is 5.91 Å². The van der Waals surface area contributed by atoms with E-state index in [1.165, 1.54) is 0 Å². The van der Waals surface area contributed by atoms with Gasteiger partial charge in [-0.25, -0.2) is 0 Å². The summed E-state index contributed by atoms with van der Waals surface area (Å²) in [5.41, 5.74) is 5.58. The smallest absolute Gasteiger partial charge is 0.251 e. The van der Waals surface area contributed by atoms with Crippen LogP contribution in [0.5, 0.6) is 0 Å². The number of amides is 2. The predicted molar refractivity (Wildman–Crippen MR) is 71.3 cm³/mol. The maximum atomic E-state index is 11.9. The highest BCUT2D eigenvalue weighted by Gasteiger charge is 2.21. The summed E-state index contributed by atoms with van der Waals surface area (Å²) in [4.78, 5) is 23.1. The molecule has 0 aliphatic heterocycles. The van der Waals surface area contributed by atoms with Crippen molar-refractivity contribution in [1.82, 2.24) is 5.32 Å². The average molecular weight is 280 g/mol. The van der Waals surface area contributed by atoms with Gasteiger partial charge in [-0.05, 0) is 37.6 Å². The number of primary amides is 1. The fourth-order valence-corrected chi connectivity index (χ4v) is 1.62. The van der Waals surface area contributed by atoms with E-state index < -0.39 is 17.9 Å². The molecule has 0 radical (unpaired) electrons. The van der Waals surface area contributed by atoms with Crippen LogP contribution in [0, 0.1) is 17.2 Å². The van der Waals surface area contributed by atoms with Crippen LogP contribution in [0.2, 0.25) is 5.02 Å². The molecule has 100 valence electrons. The third-order valence-corrected chi connectivity index (χ3v) is 2.82. The van der Waals surface area contributed by atoms with Crippen molar-refractivity contribution in [3.63, 3.8) is 0 Å². The van der Waals surface area contributed by atoms with E-state index in [2.05, 4.69) is 5.32 Å². The summed E-state index contributed by atoms with van der Waals surface area (Å²) in [5.74, 6) is -1.46. The molecule has 0 saturated carbocycles. The summed E-state index contributed by atoms with van der Waals surface area (Å²) in [7, 11) is 0. The lowest BCUT2D eigenvalue weighted by Crippen LogP contribution is -2.45. The van der Waals surface area contributed by atoms with Crippen LogP contribution in [0.25, 0.3) is 0 Å². The average Bonchev–Trinajstić information content (AvgIpc) is 2.38. The van der Waals surface area contributed by atoms with Gasteiger partial charge in [0.1, 0.15) is 6.04 Å². The Balaban J connectivity index is 2.74. The van der Waals surface area contributed by atoms with Gasteiger partial charge in [-0.15, -0.1) is 0 Å². The van der Waals surface area contributed by atoms with E-state index in [-0.39, 0.29) is 12.3 Å². The summed E-state index contributed by atoms with van der Waals surface area (Å²) in [6, 6.07) is 7.38. The van der Waals surface area contributed by atoms with Crippen LogP contribution < -0.4 is 11.1 Å². The van der Waals surface area contributed by atoms with Crippen molar-refractivity contribution in [1.29, 1.82) is 5.26 Å². The molecule has 0 unspecified atom stereocenters. The lowest BCUT2D eigenvalue weighted by atomic mass is 10.0. The molecular formula is C13H14ClN3O2. The first-order valence-electron chi connectivity index (χ1n) is 5.69. The van der Waals surface area contributed by atoms with Gasteiger partial charge in [0.15, 0.2) is 0 Å². The van der Waals surface area contributed by atoms with Crippen LogP contribution in [0.3, 0.4) is 0 Å². The quantitative estimate of drug-likeness (QED) is 0.854. The Morgan fingerprint density at radius 2 is 2.00 bits per heavy atom. The number of hydrogen-bond donors (Lipinski definition) is 2. The number of nitrogens with one attached hydrogen (secondary N) is 1. The van der Waals surface area contributed by atoms with Gasteiger partial charge >= 0.3 is 0 Å². The van der Waals surface area contributed by atoms with Crippen LogP contribution >= 0.6 is 11.6 Å². The van der Waals surface area contributed by atoms with Gasteiger partial charge in [0.05, 0.1) is 6.07 Å². The van der Waals surface area contributed by atoms with Crippen LogP contribution in [0.1, 0.15) is 23.7 Å². The molecule has 0 fully saturated rings. The summed E-state index contributed by atoms with van der Waals surface area (Å²) >= 11 is 5.72. The van der Waals surface area contributed by atoms with Crippen LogP contribution in [0.4, 0.5) is 0 Å². The molecular weight excluding hydrogens is 266 g/mol. The van der Waals surface area contributed by atoms with Crippen molar-refractivity contribution >= 4 is 23.4 Å². The fourth-order valence-electron chi connectivity index (χ4n) is 1.50. The number of benzene rings is 1. The highest BCUT2D eigenvalue weighted by Crippen LogP contribution is 2.10. The monoisotopic (exact) mass is 279 g/mol. The Kier molecular flexibility index (Phi) is 5.34. The minimum absolute atomic E-state index is 0.186. The van der Waals surface area contributed by atoms with E-state index >= 15 is 0 Å². The molecule has 5 nitrogen and oxygen atoms in total. The summed E-state index contributed by atoms with van der Waals surface area (Å²) < 4.78 is 0. The lowest BCUT2D eigenvalue weighted by molar-refractivity contribution is -0.120. The number of carbonyl (C=O) groups excluding carboxylic acids is 2. The highest BCUT2D eigenvalue weighted by atomic mass is 35.5. The number of halogens is 1. The highest BCUT2D eigenvalue weighted by molar-refractivity contribution is 6.30. The molecule has 2 amide bonds. The third kappa shape index (κ3) is 4.60. The number of rotatable bonds is 5. The van der Waals surface area contributed by atoms with E-state index in [4.69, 9.17) is 22.6 Å². The first-order valence-corrected chi connectivity index (χ1v) is 6.07. The molecule has 1 aromatic carbocycles. The molecule has 19 heavy (non-hydrogen) atoms. The largest absolute Gasteiger partial charge is 0.368 e. The lowest BCUT2D eigenvalue weighted by Gasteiger charge is -2.16. The third-order valence-electron chi connectivity index (χ3n) is 2.56. The van der Waals surface area contributed by atoms with E-state index in [1.807, 2.05) is 6.07 Å². The van der Waals surface area contributed by atoms with Crippen LogP contribution in [-0.4, -0.2) is 17.9 Å². The summed E-state index contributed by atoms with van der Waals surface area (Å²) in [6.45, 7) is 1.66. The molecule has 3 N–H and O–H groups in total. The van der Waals surface area contributed by atoms with Gasteiger partial charge < -0.3 is 11.1 Å². The molecule has 2 atom stereocenters. The van der Waals surface area contributed by atoms with E-state index in [0.717, 1.165) is 0 Å². The van der Waals surface area contributed by atoms with Crippen LogP contribution in [0.15, 0.2) is 24.3 Å². The number of hydrogen-bond acceptors (Lipinski definition) is 3. The molecule has 6 heteroatoms. The minimum Gasteiger partial charge on any atom is -0.368 e. The maximum absolute atomic E-state index is 11.9. The van der Waals surface area contributed by atoms with Crippen molar-refractivity contribution in [2.24, 2.45) is 11.7 Å². The molecule has 1 rings (SSSR count). The molecule has 0 bridgehead atoms. The van der Waals surface area contributed by atoms with Gasteiger partial charge in [-0.3, -0.25) is 9.59 Å². The Morgan fingerprint density at radius 3 is 2.47 bits per heavy atom. The molecule has 1 aromatic rings. The Morgan fingerprint density at radius 1 is 1.42 bits per heavy atom. The van der Waals surface area contributed by atoms with Crippen molar-refractivity contribution in [3.8, 4) is 6.07 Å². The fraction of sp³-hybridized carbons (Fsp3) is 0.308. The van der Waals surface area contributed by atoms with Gasteiger partial charge in [-0.2, -0.15) is 5.26 Å². The Bertz CT molecular complexity index is 508. The first kappa shape index (κ1) is 15.0. The zero-order valence-corrected chi connectivity index (χ0v) is 11.1. The summed E-state index contributed by atoms with van der Waals surface area (Å²) in [5, 5.41) is 11.7. The molecule has 0 aliphatic rings. The van der Waals surface area contributed by atoms with Crippen molar-refractivity contribution in [2.75, 3.05) is 0 Å². The first-order chi connectivity index (χ1) is 8.93. The van der Waals surface area contributed by atoms with Crippen molar-refractivity contribution < 1.29 is 9.59 Å². The molecule has 0 saturated heterocycles. The second kappa shape index (κ2) is 6.76. The van der Waals surface area contributed by atoms with Crippen LogP contribution in [-0.2, 0) is 4.79 Å². The van der Waals surface area contributed by atoms with Crippen molar-refractivity contribution in [2.45, 2.75) is 19.4 Å². The maximum Gasteiger partial charge on any atom is 0.251 e. The van der Waals surface area contributed by atoms with Gasteiger partial charge in [0, 0.05) is 16.5 Å². The number of nitrogens with two attached hydrogens (primary N) is 1. The molecule has 0 aromatic heterocycles. The Hall–Kier alpha value is -2.06. The van der Waals surface area contributed by atoms with Crippen molar-refractivity contribution in [3.05, 3.63) is 34.9 Å². The topological polar surface area (TPSA) is 96.0 Å². The molecule has 0 heterocycles. The van der Waals surface area contributed by atoms with E-state index in [0.29, 0.717) is 10.6 Å². The second-order valence-corrected chi connectivity index (χ2v) is 4.64. The van der Waals surface area contributed by atoms with Gasteiger partial charge in [-0.1, -0.05) is 11.6 Å². The second-order valence-electron chi connectivity index (χ2n) is 4.20. The van der Waals surface area contributed by atoms with E-state index in [9.17, 15) is 9.59 Å². The zero-order chi connectivity index (χ0) is 14.4. The van der Waals surface area contributed by atoms with Gasteiger partial charge in [0.25, 0.3) is 5.91 Å². The Labute approximate surface area is 116 Å². The number of carbonyl (C=O) groups is 2. The molecule has 0 aliphatic carbocycles. The molecule has 0 spiro atoms. The normalized spacial score (nSPS) is 13.1. The predicted octanol–water partition coefficient (Wildman–Crippen LogP) is 1.47. The minimum atomic E-state index is -0.863. The number of nitriles is 1. The SMILES string of the molecule is C[C@H](C#N)C[C@H](NC(=O)c1ccc(Cl)cc1)C(N)=O. The summed E-state index contributed by atoms with van der Waals surface area (Å²) in [6.07, 6.45) is 0.186. The zero-order valence-electron chi connectivity index (χ0n) is 10.4. The standard InChI is InChI=1S/C13H14ClN3O2/c1-8(7-15)6-11(12(16)18)17-13(19)9-2-4-10(14)5-3-9/h2-5,8,11H,6H2,1H3,(H2,16,18)(H,17,19)/t8-,11-/m0/s1. The number of nitrogens with zero attached hydrogens (tertiary/aromatic N) is 1. The van der Waals surface area contributed by atoms with E-state index in [1.54, 1.807) is 31.2 Å².